The molecule has 1 aromatic rings. The number of anilines is 1. The van der Waals surface area contributed by atoms with Crippen molar-refractivity contribution in [1.82, 2.24) is 4.98 Å². The summed E-state index contributed by atoms with van der Waals surface area (Å²) in [4.78, 5) is 6.20. The van der Waals surface area contributed by atoms with Crippen LogP contribution in [0.3, 0.4) is 0 Å². The minimum atomic E-state index is -0.372. The molecule has 1 aliphatic heterocycles. The Hall–Kier alpha value is -1.12. The molecule has 0 aromatic carbocycles. The van der Waals surface area contributed by atoms with Crippen molar-refractivity contribution in [2.24, 2.45) is 5.41 Å². The van der Waals surface area contributed by atoms with Crippen LogP contribution in [0.2, 0.25) is 0 Å². The number of aromatic nitrogens is 1. The molecule has 1 saturated heterocycles. The molecule has 1 saturated carbocycles. The van der Waals surface area contributed by atoms with Gasteiger partial charge in [-0.2, -0.15) is 4.39 Å². The van der Waals surface area contributed by atoms with Gasteiger partial charge in [-0.1, -0.05) is 18.9 Å². The smallest absolute Gasteiger partial charge is 0.214 e. The molecule has 17 heavy (non-hydrogen) atoms. The van der Waals surface area contributed by atoms with Gasteiger partial charge in [0.15, 0.2) is 0 Å². The third-order valence-electron chi connectivity index (χ3n) is 4.51. The van der Waals surface area contributed by atoms with Crippen molar-refractivity contribution in [3.05, 3.63) is 24.1 Å². The Labute approximate surface area is 102 Å². The zero-order valence-electron chi connectivity index (χ0n) is 10.2. The van der Waals surface area contributed by atoms with Gasteiger partial charge in [-0.05, 0) is 43.2 Å². The summed E-state index contributed by atoms with van der Waals surface area (Å²) in [6.45, 7) is 2.08. The lowest BCUT2D eigenvalue weighted by atomic mass is 9.77. The fraction of sp³-hybridized carbons (Fsp3) is 0.643. The van der Waals surface area contributed by atoms with Crippen molar-refractivity contribution >= 4 is 5.82 Å². The van der Waals surface area contributed by atoms with Crippen LogP contribution in [0.4, 0.5) is 10.2 Å². The molecular weight excluding hydrogens is 215 g/mol. The van der Waals surface area contributed by atoms with E-state index in [9.17, 15) is 4.39 Å². The second-order valence-corrected chi connectivity index (χ2v) is 5.51. The Balaban J connectivity index is 1.68. The van der Waals surface area contributed by atoms with Gasteiger partial charge in [0.25, 0.3) is 0 Å². The maximum absolute atomic E-state index is 13.1. The van der Waals surface area contributed by atoms with Crippen molar-refractivity contribution in [3.63, 3.8) is 0 Å². The molecule has 2 nitrogen and oxygen atoms in total. The predicted octanol–water partition coefficient (Wildman–Crippen LogP) is 3.38. The second-order valence-electron chi connectivity index (χ2n) is 5.51. The third-order valence-corrected chi connectivity index (χ3v) is 4.51. The molecule has 92 valence electrons. The first-order valence-electron chi connectivity index (χ1n) is 6.65. The highest BCUT2D eigenvalue weighted by atomic mass is 19.1. The number of pyridine rings is 1. The van der Waals surface area contributed by atoms with Crippen LogP contribution in [-0.2, 0) is 0 Å². The Morgan fingerprint density at radius 2 is 1.76 bits per heavy atom. The maximum Gasteiger partial charge on any atom is 0.214 e. The van der Waals surface area contributed by atoms with E-state index in [2.05, 4.69) is 9.88 Å². The van der Waals surface area contributed by atoms with Crippen molar-refractivity contribution in [2.75, 3.05) is 18.0 Å². The van der Waals surface area contributed by atoms with E-state index in [0.29, 0.717) is 5.41 Å². The largest absolute Gasteiger partial charge is 0.356 e. The molecule has 0 bridgehead atoms. The zero-order valence-corrected chi connectivity index (χ0v) is 10.2. The number of hydrogen-bond donors (Lipinski definition) is 0. The standard InChI is InChI=1S/C14H19FN2/c15-12-4-3-5-13(16-12)17-10-8-14(9-11-17)6-1-2-7-14/h3-5H,1-2,6-11H2. The summed E-state index contributed by atoms with van der Waals surface area (Å²) in [5, 5.41) is 0. The molecule has 0 atom stereocenters. The van der Waals surface area contributed by atoms with Crippen LogP contribution in [0.25, 0.3) is 0 Å². The van der Waals surface area contributed by atoms with E-state index < -0.39 is 0 Å². The van der Waals surface area contributed by atoms with Crippen molar-refractivity contribution in [1.29, 1.82) is 0 Å². The quantitative estimate of drug-likeness (QED) is 0.692. The van der Waals surface area contributed by atoms with Crippen LogP contribution in [0.5, 0.6) is 0 Å². The highest BCUT2D eigenvalue weighted by Crippen LogP contribution is 2.46. The van der Waals surface area contributed by atoms with Crippen LogP contribution in [-0.4, -0.2) is 18.1 Å². The number of nitrogens with zero attached hydrogens (tertiary/aromatic N) is 2. The highest BCUT2D eigenvalue weighted by Gasteiger charge is 2.37. The third kappa shape index (κ3) is 2.15. The first kappa shape index (κ1) is 11.0. The van der Waals surface area contributed by atoms with Gasteiger partial charge in [0.2, 0.25) is 5.95 Å². The summed E-state index contributed by atoms with van der Waals surface area (Å²) >= 11 is 0. The van der Waals surface area contributed by atoms with Gasteiger partial charge < -0.3 is 4.90 Å². The van der Waals surface area contributed by atoms with E-state index in [0.717, 1.165) is 18.9 Å². The molecule has 3 rings (SSSR count). The summed E-state index contributed by atoms with van der Waals surface area (Å²) in [6.07, 6.45) is 8.11. The lowest BCUT2D eigenvalue weighted by Crippen LogP contribution is -2.39. The Bertz CT molecular complexity index is 389. The van der Waals surface area contributed by atoms with Gasteiger partial charge in [-0.15, -0.1) is 0 Å². The van der Waals surface area contributed by atoms with Crippen LogP contribution in [0.1, 0.15) is 38.5 Å². The first-order chi connectivity index (χ1) is 8.27. The molecule has 1 spiro atoms. The first-order valence-corrected chi connectivity index (χ1v) is 6.65. The van der Waals surface area contributed by atoms with E-state index in [-0.39, 0.29) is 5.95 Å². The minimum Gasteiger partial charge on any atom is -0.356 e. The Morgan fingerprint density at radius 3 is 2.41 bits per heavy atom. The zero-order chi connectivity index (χ0) is 11.7. The van der Waals surface area contributed by atoms with Crippen LogP contribution >= 0.6 is 0 Å². The normalized spacial score (nSPS) is 23.2. The molecule has 1 aliphatic carbocycles. The molecule has 3 heteroatoms. The lowest BCUT2D eigenvalue weighted by molar-refractivity contribution is 0.226. The van der Waals surface area contributed by atoms with E-state index in [1.165, 1.54) is 44.6 Å². The van der Waals surface area contributed by atoms with E-state index in [4.69, 9.17) is 0 Å². The lowest BCUT2D eigenvalue weighted by Gasteiger charge is -2.39. The summed E-state index contributed by atoms with van der Waals surface area (Å²) in [7, 11) is 0. The summed E-state index contributed by atoms with van der Waals surface area (Å²) < 4.78 is 13.1. The molecule has 0 N–H and O–H groups in total. The van der Waals surface area contributed by atoms with E-state index in [1.807, 2.05) is 6.07 Å². The van der Waals surface area contributed by atoms with E-state index in [1.54, 1.807) is 6.07 Å². The number of rotatable bonds is 1. The van der Waals surface area contributed by atoms with Gasteiger partial charge in [-0.3, -0.25) is 0 Å². The van der Waals surface area contributed by atoms with Gasteiger partial charge in [-0.25, -0.2) is 4.98 Å². The molecule has 2 aliphatic rings. The summed E-state index contributed by atoms with van der Waals surface area (Å²) in [5.74, 6) is 0.432. The van der Waals surface area contributed by atoms with Gasteiger partial charge >= 0.3 is 0 Å². The molecule has 0 radical (unpaired) electrons. The van der Waals surface area contributed by atoms with Gasteiger partial charge in [0.05, 0.1) is 0 Å². The summed E-state index contributed by atoms with van der Waals surface area (Å²) in [5.41, 5.74) is 0.615. The summed E-state index contributed by atoms with van der Waals surface area (Å²) in [6, 6.07) is 5.07. The molecule has 2 heterocycles. The van der Waals surface area contributed by atoms with Gasteiger partial charge in [0, 0.05) is 13.1 Å². The number of piperidine rings is 1. The maximum atomic E-state index is 13.1. The van der Waals surface area contributed by atoms with Crippen LogP contribution in [0, 0.1) is 11.4 Å². The fourth-order valence-electron chi connectivity index (χ4n) is 3.41. The second kappa shape index (κ2) is 4.28. The number of halogens is 1. The molecule has 1 aromatic heterocycles. The number of hydrogen-bond acceptors (Lipinski definition) is 2. The van der Waals surface area contributed by atoms with Crippen molar-refractivity contribution in [2.45, 2.75) is 38.5 Å². The van der Waals surface area contributed by atoms with Gasteiger partial charge in [0.1, 0.15) is 5.82 Å². The minimum absolute atomic E-state index is 0.372. The SMILES string of the molecule is Fc1cccc(N2CCC3(CCCC3)CC2)n1. The molecule has 2 fully saturated rings. The van der Waals surface area contributed by atoms with E-state index >= 15 is 0 Å². The van der Waals surface area contributed by atoms with Crippen LogP contribution in [0.15, 0.2) is 18.2 Å². The van der Waals surface area contributed by atoms with Crippen LogP contribution < -0.4 is 4.90 Å². The fourth-order valence-corrected chi connectivity index (χ4v) is 3.41. The monoisotopic (exact) mass is 234 g/mol. The highest BCUT2D eigenvalue weighted by molar-refractivity contribution is 5.38. The van der Waals surface area contributed by atoms with Crippen molar-refractivity contribution < 1.29 is 4.39 Å². The average Bonchev–Trinajstić information content (AvgIpc) is 2.79. The Kier molecular flexibility index (Phi) is 2.77. The molecule has 0 unspecified atom stereocenters. The average molecular weight is 234 g/mol. The topological polar surface area (TPSA) is 16.1 Å². The molecule has 0 amide bonds. The predicted molar refractivity (Wildman–Crippen MR) is 66.5 cm³/mol. The molecular formula is C14H19FN2. The Morgan fingerprint density at radius 1 is 1.06 bits per heavy atom. The van der Waals surface area contributed by atoms with Crippen molar-refractivity contribution in [3.8, 4) is 0 Å².